The summed E-state index contributed by atoms with van der Waals surface area (Å²) < 4.78 is 33.1. The van der Waals surface area contributed by atoms with Crippen LogP contribution in [-0.4, -0.2) is 193 Å². The molecular weight excluding hydrogens is 576 g/mol. The molecule has 3 saturated heterocycles. The molecule has 248 valence electrons. The first-order valence-corrected chi connectivity index (χ1v) is 13.4. The fraction of sp³-hybridized carbons (Fsp3) is 1.00. The van der Waals surface area contributed by atoms with Crippen molar-refractivity contribution in [3.8, 4) is 0 Å². The molecule has 3 aliphatic rings. The van der Waals surface area contributed by atoms with Crippen LogP contribution < -0.4 is 0 Å². The maximum Gasteiger partial charge on any atom is 0.186 e. The number of hydrogen-bond donors (Lipinski definition) is 12. The van der Waals surface area contributed by atoms with Gasteiger partial charge in [0.1, 0.15) is 72.7 Å². The van der Waals surface area contributed by atoms with Crippen molar-refractivity contribution < 1.29 is 89.7 Å². The lowest BCUT2D eigenvalue weighted by Crippen LogP contribution is -2.66. The van der Waals surface area contributed by atoms with E-state index in [9.17, 15) is 61.3 Å². The van der Waals surface area contributed by atoms with Gasteiger partial charge in [-0.1, -0.05) is 6.92 Å². The van der Waals surface area contributed by atoms with Crippen LogP contribution in [0.2, 0.25) is 0 Å². The summed E-state index contributed by atoms with van der Waals surface area (Å²) in [5.74, 6) is 0. The molecule has 0 aromatic carbocycles. The molecule has 0 aromatic heterocycles. The minimum atomic E-state index is -2.02. The van der Waals surface area contributed by atoms with Crippen molar-refractivity contribution in [3.63, 3.8) is 0 Å². The Hall–Kier alpha value is -0.720. The Kier molecular flexibility index (Phi) is 12.4. The highest BCUT2D eigenvalue weighted by atomic mass is 16.7. The summed E-state index contributed by atoms with van der Waals surface area (Å²) in [6, 6.07) is 0. The van der Waals surface area contributed by atoms with Crippen molar-refractivity contribution in [3.05, 3.63) is 0 Å². The van der Waals surface area contributed by atoms with Crippen molar-refractivity contribution in [1.29, 1.82) is 0 Å². The van der Waals surface area contributed by atoms with Gasteiger partial charge in [0.25, 0.3) is 0 Å². The summed E-state index contributed by atoms with van der Waals surface area (Å²) in [7, 11) is 0. The zero-order valence-corrected chi connectivity index (χ0v) is 23.1. The minimum absolute atomic E-state index is 0.431. The second-order valence-electron chi connectivity index (χ2n) is 11.5. The first-order chi connectivity index (χ1) is 19.6. The van der Waals surface area contributed by atoms with E-state index in [-0.39, 0.29) is 0 Å². The van der Waals surface area contributed by atoms with Gasteiger partial charge in [-0.15, -0.1) is 0 Å². The third-order valence-corrected chi connectivity index (χ3v) is 7.80. The summed E-state index contributed by atoms with van der Waals surface area (Å²) in [4.78, 5) is 0. The molecule has 0 spiro atoms. The summed E-state index contributed by atoms with van der Waals surface area (Å²) >= 11 is 0. The number of rotatable bonds is 12. The van der Waals surface area contributed by atoms with Crippen LogP contribution in [0.3, 0.4) is 0 Å². The molecule has 0 bridgehead atoms. The van der Waals surface area contributed by atoms with Crippen molar-refractivity contribution in [2.75, 3.05) is 39.6 Å². The lowest BCUT2D eigenvalue weighted by Gasteiger charge is -2.46. The van der Waals surface area contributed by atoms with Gasteiger partial charge in [0, 0.05) is 5.41 Å². The molecule has 42 heavy (non-hydrogen) atoms. The lowest BCUT2D eigenvalue weighted by molar-refractivity contribution is -0.340. The van der Waals surface area contributed by atoms with E-state index in [0.29, 0.717) is 0 Å². The Labute approximate surface area is 240 Å². The Morgan fingerprint density at radius 3 is 1.31 bits per heavy atom. The van der Waals surface area contributed by atoms with E-state index in [2.05, 4.69) is 0 Å². The molecule has 15 atom stereocenters. The third kappa shape index (κ3) is 7.56. The molecule has 3 aliphatic heterocycles. The smallest absolute Gasteiger partial charge is 0.186 e. The van der Waals surface area contributed by atoms with Gasteiger partial charge in [0.15, 0.2) is 18.9 Å². The number of ether oxygens (including phenoxy) is 6. The molecule has 12 N–H and O–H groups in total. The number of aliphatic hydroxyl groups excluding tert-OH is 11. The average Bonchev–Trinajstić information content (AvgIpc) is 2.96. The van der Waals surface area contributed by atoms with Crippen molar-refractivity contribution in [2.24, 2.45) is 5.41 Å². The quantitative estimate of drug-likeness (QED) is 0.0964. The maximum atomic E-state index is 10.5. The van der Waals surface area contributed by atoms with Gasteiger partial charge < -0.3 is 89.7 Å². The van der Waals surface area contributed by atoms with E-state index < -0.39 is 137 Å². The summed E-state index contributed by atoms with van der Waals surface area (Å²) in [6.45, 7) is -0.790. The zero-order valence-electron chi connectivity index (χ0n) is 23.1. The molecule has 18 heteroatoms. The minimum Gasteiger partial charge on any atom is -0.394 e. The highest BCUT2D eigenvalue weighted by molar-refractivity contribution is 4.99. The summed E-state index contributed by atoms with van der Waals surface area (Å²) in [5, 5.41) is 121. The van der Waals surface area contributed by atoms with Crippen LogP contribution in [0.25, 0.3) is 0 Å². The molecule has 0 aliphatic carbocycles. The average molecular weight is 621 g/mol. The van der Waals surface area contributed by atoms with Gasteiger partial charge in [0.05, 0.1) is 39.6 Å². The van der Waals surface area contributed by atoms with E-state index in [4.69, 9.17) is 28.4 Å². The molecule has 9 unspecified atom stereocenters. The van der Waals surface area contributed by atoms with E-state index in [1.807, 2.05) is 0 Å². The van der Waals surface area contributed by atoms with Crippen LogP contribution in [0.15, 0.2) is 0 Å². The lowest BCUT2D eigenvalue weighted by atomic mass is 9.86. The normalized spacial score (nSPS) is 48.1. The summed E-state index contributed by atoms with van der Waals surface area (Å²) in [5.41, 5.74) is -3.36. The van der Waals surface area contributed by atoms with E-state index in [1.165, 1.54) is 6.92 Å². The fourth-order valence-corrected chi connectivity index (χ4v) is 4.82. The standard InChI is InChI=1S/C24H44O18/c1-23(6-37-20-16(32)14(30)12(28)9(3-25)40-20,7-38-21-17(33)15(31)13(29)10(4-26)41-21)8-39-22-18(34)19(35)24(2,36)11(5-27)42-22/h9-22,25-36H,3-8H2,1-2H3/t9?,10?,11?,12-,13-,14?,15?,16?,17?,18?,19?,20+,21+,22+,23?,24+/m1/s1. The van der Waals surface area contributed by atoms with Crippen LogP contribution in [0.1, 0.15) is 13.8 Å². The molecule has 0 radical (unpaired) electrons. The number of hydrogen-bond acceptors (Lipinski definition) is 18. The van der Waals surface area contributed by atoms with Crippen molar-refractivity contribution in [2.45, 2.75) is 105 Å². The van der Waals surface area contributed by atoms with Gasteiger partial charge in [0.2, 0.25) is 0 Å². The second-order valence-corrected chi connectivity index (χ2v) is 11.5. The van der Waals surface area contributed by atoms with Crippen LogP contribution in [0.4, 0.5) is 0 Å². The Balaban J connectivity index is 1.75. The first kappa shape index (κ1) is 35.8. The SMILES string of the molecule is CC(CO[C@H]1OC(CO)[C@@H](O)C(O)C1O)(CO[C@H]1OC(CO)[C@@H](O)C(O)C1O)CO[C@H]1OC(CO)[C@](C)(O)C(O)C1O. The van der Waals surface area contributed by atoms with Crippen LogP contribution in [0.5, 0.6) is 0 Å². The molecule has 0 saturated carbocycles. The topological polar surface area (TPSA) is 298 Å². The van der Waals surface area contributed by atoms with E-state index >= 15 is 0 Å². The molecule has 0 amide bonds. The predicted molar refractivity (Wildman–Crippen MR) is 132 cm³/mol. The first-order valence-electron chi connectivity index (χ1n) is 13.4. The fourth-order valence-electron chi connectivity index (χ4n) is 4.82. The zero-order chi connectivity index (χ0) is 31.6. The van der Waals surface area contributed by atoms with E-state index in [0.717, 1.165) is 6.92 Å². The maximum absolute atomic E-state index is 10.5. The molecule has 3 rings (SSSR count). The highest BCUT2D eigenvalue weighted by Crippen LogP contribution is 2.33. The van der Waals surface area contributed by atoms with Gasteiger partial charge >= 0.3 is 0 Å². The summed E-state index contributed by atoms with van der Waals surface area (Å²) in [6.07, 6.45) is -22.3. The third-order valence-electron chi connectivity index (χ3n) is 7.80. The van der Waals surface area contributed by atoms with Crippen molar-refractivity contribution in [1.82, 2.24) is 0 Å². The van der Waals surface area contributed by atoms with E-state index in [1.54, 1.807) is 0 Å². The highest BCUT2D eigenvalue weighted by Gasteiger charge is 2.53. The van der Waals surface area contributed by atoms with Crippen LogP contribution >= 0.6 is 0 Å². The molecule has 18 nitrogen and oxygen atoms in total. The largest absolute Gasteiger partial charge is 0.394 e. The van der Waals surface area contributed by atoms with Gasteiger partial charge in [-0.25, -0.2) is 0 Å². The molecule has 3 heterocycles. The molecule has 3 fully saturated rings. The predicted octanol–water partition coefficient (Wildman–Crippen LogP) is -7.17. The van der Waals surface area contributed by atoms with Gasteiger partial charge in [-0.3, -0.25) is 0 Å². The Bertz CT molecular complexity index is 785. The number of aliphatic hydroxyl groups is 12. The second kappa shape index (κ2) is 14.6. The van der Waals surface area contributed by atoms with Crippen LogP contribution in [0, 0.1) is 5.41 Å². The monoisotopic (exact) mass is 620 g/mol. The Morgan fingerprint density at radius 2 is 0.952 bits per heavy atom. The Morgan fingerprint density at radius 1 is 0.571 bits per heavy atom. The van der Waals surface area contributed by atoms with Gasteiger partial charge in [-0.05, 0) is 6.92 Å². The van der Waals surface area contributed by atoms with Crippen molar-refractivity contribution >= 4 is 0 Å². The molecule has 0 aromatic rings. The van der Waals surface area contributed by atoms with Gasteiger partial charge in [-0.2, -0.15) is 0 Å². The molecular formula is C24H44O18. The van der Waals surface area contributed by atoms with Crippen LogP contribution in [-0.2, 0) is 28.4 Å².